The highest BCUT2D eigenvalue weighted by Gasteiger charge is 2.30. The molecule has 0 atom stereocenters. The smallest absolute Gasteiger partial charge is 0.379 e. The molecule has 22 heteroatoms. The molecule has 0 unspecified atom stereocenters. The van der Waals surface area contributed by atoms with Crippen molar-refractivity contribution in [2.24, 2.45) is 0 Å². The number of fused-ring (bicyclic) bond motifs is 1. The molecule has 1 amide bonds. The number of nitrogens with zero attached hydrogens (tertiary/aromatic N) is 4. The number of aromatic hydroxyl groups is 2. The summed E-state index contributed by atoms with van der Waals surface area (Å²) in [6, 6.07) is 21.8. The Labute approximate surface area is 403 Å². The summed E-state index contributed by atoms with van der Waals surface area (Å²) in [6.45, 7) is 2.41. The molecule has 0 saturated carbocycles. The van der Waals surface area contributed by atoms with Crippen LogP contribution in [-0.4, -0.2) is 85.3 Å². The number of carbonyl (C=O) groups excluding carboxylic acids is 2. The minimum absolute atomic E-state index is 0.0177. The van der Waals surface area contributed by atoms with E-state index >= 15 is 0 Å². The van der Waals surface area contributed by atoms with Crippen molar-refractivity contribution in [3.63, 3.8) is 0 Å². The lowest BCUT2D eigenvalue weighted by Gasteiger charge is -2.27. The Morgan fingerprint density at radius 1 is 0.775 bits per heavy atom. The van der Waals surface area contributed by atoms with Gasteiger partial charge in [-0.1, -0.05) is 36.4 Å². The maximum atomic E-state index is 14.2. The monoisotopic (exact) mass is 992 g/mol. The number of aromatic carboxylic acids is 2. The molecule has 71 heavy (non-hydrogen) atoms. The maximum Gasteiger partial charge on any atom is 0.379 e. The average Bonchev–Trinajstić information content (AvgIpc) is 3.96. The number of carboxylic acids is 3. The topological polar surface area (TPSA) is 302 Å². The molecule has 3 aromatic carbocycles. The predicted octanol–water partition coefficient (Wildman–Crippen LogP) is 3.45. The highest BCUT2D eigenvalue weighted by Crippen LogP contribution is 2.34. The first kappa shape index (κ1) is 50.0. The summed E-state index contributed by atoms with van der Waals surface area (Å²) in [5.41, 5.74) is 3.05. The molecule has 1 aliphatic heterocycles. The summed E-state index contributed by atoms with van der Waals surface area (Å²) >= 11 is 0. The Morgan fingerprint density at radius 3 is 2.06 bits per heavy atom. The summed E-state index contributed by atoms with van der Waals surface area (Å²) in [5, 5.41) is 47.6. The van der Waals surface area contributed by atoms with Gasteiger partial charge in [0.1, 0.15) is 12.6 Å². The number of hydrogen-bond acceptors (Lipinski definition) is 14. The van der Waals surface area contributed by atoms with Crippen LogP contribution in [0.15, 0.2) is 117 Å². The van der Waals surface area contributed by atoms with Crippen molar-refractivity contribution in [3.05, 3.63) is 147 Å². The molecular formula is C49H46N5O16S+. The summed E-state index contributed by atoms with van der Waals surface area (Å²) in [4.78, 5) is 80.7. The largest absolute Gasteiger partial charge is 0.492 e. The molecule has 0 aliphatic carbocycles. The number of aromatic nitrogens is 3. The number of carboxylic acid groups (broad SMARTS) is 3. The van der Waals surface area contributed by atoms with Crippen molar-refractivity contribution in [3.8, 4) is 34.3 Å². The number of allylic oxidation sites excluding steroid dienone is 3. The Balaban J connectivity index is 1.24. The zero-order chi connectivity index (χ0) is 51.0. The number of rotatable bonds is 20. The van der Waals surface area contributed by atoms with E-state index in [0.717, 1.165) is 11.3 Å². The molecule has 3 aromatic heterocycles. The maximum absolute atomic E-state index is 14.2. The molecule has 1 aliphatic rings. The van der Waals surface area contributed by atoms with Gasteiger partial charge in [-0.15, -0.1) is 4.73 Å². The van der Waals surface area contributed by atoms with Crippen LogP contribution in [0.4, 0.5) is 5.69 Å². The number of hydrogen-bond donors (Lipinski definition) is 6. The first-order chi connectivity index (χ1) is 33.9. The van der Waals surface area contributed by atoms with Crippen molar-refractivity contribution in [2.75, 3.05) is 17.2 Å². The lowest BCUT2D eigenvalue weighted by Crippen LogP contribution is -2.37. The zero-order valence-electron chi connectivity index (χ0n) is 37.8. The molecule has 4 heterocycles. The highest BCUT2D eigenvalue weighted by molar-refractivity contribution is 7.90. The zero-order valence-corrected chi connectivity index (χ0v) is 38.6. The molecule has 368 valence electrons. The van der Waals surface area contributed by atoms with E-state index in [1.165, 1.54) is 53.1 Å². The van der Waals surface area contributed by atoms with Crippen LogP contribution in [0.1, 0.15) is 71.2 Å². The number of nitrogens with one attached hydrogen (secondary N) is 1. The van der Waals surface area contributed by atoms with Crippen LogP contribution in [0.2, 0.25) is 0 Å². The lowest BCUT2D eigenvalue weighted by molar-refractivity contribution is -0.687. The number of anilines is 1. The van der Waals surface area contributed by atoms with E-state index in [9.17, 15) is 57.6 Å². The quantitative estimate of drug-likeness (QED) is 0.0471. The van der Waals surface area contributed by atoms with Gasteiger partial charge in [0.2, 0.25) is 39.0 Å². The Bertz CT molecular complexity index is 3380. The molecule has 0 fully saturated rings. The van der Waals surface area contributed by atoms with Crippen molar-refractivity contribution in [2.45, 2.75) is 52.1 Å². The van der Waals surface area contributed by atoms with Crippen molar-refractivity contribution < 1.29 is 76.2 Å². The van der Waals surface area contributed by atoms with Gasteiger partial charge in [0.15, 0.2) is 11.2 Å². The third-order valence-corrected chi connectivity index (χ3v) is 12.2. The van der Waals surface area contributed by atoms with Gasteiger partial charge in [-0.05, 0) is 86.4 Å². The van der Waals surface area contributed by atoms with E-state index in [1.807, 2.05) is 48.4 Å². The molecule has 0 spiro atoms. The second-order valence-electron chi connectivity index (χ2n) is 15.9. The number of aliphatic carboxylic acids is 1. The Morgan fingerprint density at radius 2 is 1.42 bits per heavy atom. The van der Waals surface area contributed by atoms with Crippen molar-refractivity contribution >= 4 is 63.2 Å². The van der Waals surface area contributed by atoms with Crippen molar-refractivity contribution in [1.29, 1.82) is 0 Å². The fraction of sp³-hybridized carbons (Fsp3) is 0.204. The van der Waals surface area contributed by atoms with Crippen LogP contribution in [0.3, 0.4) is 0 Å². The number of para-hydroxylation sites is 1. The summed E-state index contributed by atoms with van der Waals surface area (Å²) in [7, 11) is -4.48. The number of oxazole rings is 2. The van der Waals surface area contributed by atoms with Gasteiger partial charge < -0.3 is 44.1 Å². The summed E-state index contributed by atoms with van der Waals surface area (Å²) in [5.74, 6) is -7.33. The average molecular weight is 993 g/mol. The van der Waals surface area contributed by atoms with Gasteiger partial charge in [-0.2, -0.15) is 4.57 Å². The fourth-order valence-corrected chi connectivity index (χ4v) is 8.53. The molecule has 6 aromatic rings. The third-order valence-electron chi connectivity index (χ3n) is 11.0. The van der Waals surface area contributed by atoms with Crippen LogP contribution in [-0.2, 0) is 37.5 Å². The summed E-state index contributed by atoms with van der Waals surface area (Å²) in [6.07, 6.45) is 8.77. The fourth-order valence-electron chi connectivity index (χ4n) is 7.68. The molecule has 0 bridgehead atoms. The van der Waals surface area contributed by atoms with Crippen LogP contribution in [0.5, 0.6) is 11.8 Å². The van der Waals surface area contributed by atoms with Crippen LogP contribution >= 0.6 is 0 Å². The first-order valence-corrected chi connectivity index (χ1v) is 23.6. The van der Waals surface area contributed by atoms with E-state index in [0.29, 0.717) is 46.5 Å². The first-order valence-electron chi connectivity index (χ1n) is 21.9. The van der Waals surface area contributed by atoms with Gasteiger partial charge >= 0.3 is 29.8 Å². The second-order valence-corrected chi connectivity index (χ2v) is 17.6. The van der Waals surface area contributed by atoms with E-state index in [-0.39, 0.29) is 59.7 Å². The van der Waals surface area contributed by atoms with E-state index in [2.05, 4.69) is 0 Å². The molecule has 6 N–H and O–H groups in total. The van der Waals surface area contributed by atoms with Crippen LogP contribution in [0.25, 0.3) is 40.3 Å². The third kappa shape index (κ3) is 11.9. The normalized spacial score (nSPS) is 13.4. The second kappa shape index (κ2) is 21.6. The van der Waals surface area contributed by atoms with Gasteiger partial charge in [-0.3, -0.25) is 23.7 Å². The molecule has 0 radical (unpaired) electrons. The predicted molar refractivity (Wildman–Crippen MR) is 253 cm³/mol. The van der Waals surface area contributed by atoms with Gasteiger partial charge in [0, 0.05) is 61.1 Å². The van der Waals surface area contributed by atoms with Crippen LogP contribution < -0.4 is 35.5 Å². The number of unbranched alkanes of at least 4 members (excludes halogenated alkanes) is 1. The minimum Gasteiger partial charge on any atom is -0.492 e. The number of amides is 1. The van der Waals surface area contributed by atoms with Gasteiger partial charge in [0.25, 0.3) is 11.3 Å². The van der Waals surface area contributed by atoms with Gasteiger partial charge in [0.05, 0.1) is 16.7 Å². The van der Waals surface area contributed by atoms with E-state index in [4.69, 9.17) is 18.8 Å². The van der Waals surface area contributed by atoms with Crippen LogP contribution in [0, 0.1) is 0 Å². The standard InChI is InChI=1S/C49H45N5O16S/c1-2-52-41(69-46(32-14-18-34(19-15-32)49(64)65)45(52)31-12-16-33(17-13-31)48(62)63)28-42-53(26-7-10-38(55)50-71(66,67)29-43(58)59)47(61)37(68-42)21-20-30-24-27-51(36-9-4-3-8-35(30)36)25-6-5-11-44(60)70-54-39(56)22-23-40(54)57/h3-4,8-9,12-24,27-28H,2,5-7,10-11,25-26,29H2,1H3,(H5-,50,55,56,57,58,59,62,63,64,65)/p+1. The Kier molecular flexibility index (Phi) is 15.2. The minimum atomic E-state index is -4.48. The highest BCUT2D eigenvalue weighted by atomic mass is 32.2. The van der Waals surface area contributed by atoms with Crippen molar-refractivity contribution in [1.82, 2.24) is 14.0 Å². The SMILES string of the molecule is CC[n+]1c(C=c2oc(=CC=C3C=CN(CCCCC(=O)On4c(O)ccc4O)c4ccccc43)c(=O)n2CCCC(=O)NS(=O)(=O)CC(=O)O)oc(-c2ccc(C(=O)O)cc2)c1-c1ccc(C(=O)O)cc1. The molecule has 21 nitrogen and oxygen atoms in total. The number of sulfonamides is 1. The number of benzene rings is 3. The van der Waals surface area contributed by atoms with E-state index < -0.39 is 69.3 Å². The lowest BCUT2D eigenvalue weighted by atomic mass is 9.99. The molecule has 7 rings (SSSR count). The summed E-state index contributed by atoms with van der Waals surface area (Å²) < 4.78 is 42.3. The molecule has 0 saturated heterocycles. The Hall–Kier alpha value is -8.92. The molecular weight excluding hydrogens is 947 g/mol. The number of carbonyl (C=O) groups is 5. The van der Waals surface area contributed by atoms with E-state index in [1.54, 1.807) is 39.6 Å². The van der Waals surface area contributed by atoms with Gasteiger partial charge in [-0.25, -0.2) is 22.8 Å².